The van der Waals surface area contributed by atoms with Crippen molar-refractivity contribution in [2.45, 2.75) is 12.8 Å². The third kappa shape index (κ3) is 6.46. The second-order valence-corrected chi connectivity index (χ2v) is 5.97. The van der Waals surface area contributed by atoms with E-state index in [-0.39, 0.29) is 11.7 Å². The maximum Gasteiger partial charge on any atom is 0.270 e. The summed E-state index contributed by atoms with van der Waals surface area (Å²) < 4.78 is 13.5. The number of rotatable bonds is 9. The Morgan fingerprint density at radius 3 is 2.76 bits per heavy atom. The maximum absolute atomic E-state index is 13.5. The van der Waals surface area contributed by atoms with Crippen molar-refractivity contribution >= 4 is 11.7 Å². The highest BCUT2D eigenvalue weighted by Gasteiger charge is 2.09. The monoisotopic (exact) mass is 345 g/mol. The molecule has 134 valence electrons. The zero-order valence-corrected chi connectivity index (χ0v) is 14.6. The second kappa shape index (κ2) is 9.68. The lowest BCUT2D eigenvalue weighted by atomic mass is 10.1. The topological polar surface area (TPSA) is 70.2 Å². The van der Waals surface area contributed by atoms with Crippen LogP contribution < -0.4 is 10.6 Å². The minimum Gasteiger partial charge on any atom is -0.370 e. The highest BCUT2D eigenvalue weighted by atomic mass is 19.1. The highest BCUT2D eigenvalue weighted by molar-refractivity contribution is 5.92. The van der Waals surface area contributed by atoms with Gasteiger partial charge in [-0.25, -0.2) is 14.4 Å². The fourth-order valence-electron chi connectivity index (χ4n) is 2.29. The zero-order valence-electron chi connectivity index (χ0n) is 14.6. The van der Waals surface area contributed by atoms with Gasteiger partial charge >= 0.3 is 0 Å². The van der Waals surface area contributed by atoms with E-state index >= 15 is 0 Å². The van der Waals surface area contributed by atoms with Crippen LogP contribution in [-0.2, 0) is 6.42 Å². The quantitative estimate of drug-likeness (QED) is 0.680. The minimum atomic E-state index is -0.296. The molecule has 2 rings (SSSR count). The van der Waals surface area contributed by atoms with Gasteiger partial charge in [-0.15, -0.1) is 0 Å². The summed E-state index contributed by atoms with van der Waals surface area (Å²) in [5.74, 6) is 0.0612. The van der Waals surface area contributed by atoms with Gasteiger partial charge < -0.3 is 15.5 Å². The van der Waals surface area contributed by atoms with E-state index in [1.54, 1.807) is 24.3 Å². The lowest BCUT2D eigenvalue weighted by molar-refractivity contribution is 0.0949. The van der Waals surface area contributed by atoms with Gasteiger partial charge in [0.2, 0.25) is 0 Å². The van der Waals surface area contributed by atoms with Gasteiger partial charge in [-0.1, -0.05) is 18.2 Å². The Bertz CT molecular complexity index is 693. The zero-order chi connectivity index (χ0) is 18.1. The van der Waals surface area contributed by atoms with Crippen LogP contribution in [0.4, 0.5) is 10.2 Å². The van der Waals surface area contributed by atoms with Crippen molar-refractivity contribution in [1.29, 1.82) is 0 Å². The van der Waals surface area contributed by atoms with Crippen LogP contribution in [0, 0.1) is 5.82 Å². The highest BCUT2D eigenvalue weighted by Crippen LogP contribution is 2.07. The Morgan fingerprint density at radius 2 is 2.00 bits per heavy atom. The first-order chi connectivity index (χ1) is 12.1. The smallest absolute Gasteiger partial charge is 0.270 e. The van der Waals surface area contributed by atoms with Crippen LogP contribution in [0.5, 0.6) is 0 Å². The minimum absolute atomic E-state index is 0.261. The van der Waals surface area contributed by atoms with Gasteiger partial charge in [-0.05, 0) is 45.1 Å². The molecule has 0 bridgehead atoms. The number of aromatic nitrogens is 2. The molecule has 1 aromatic carbocycles. The molecule has 0 saturated carbocycles. The molecular formula is C18H24FN5O. The molecule has 0 aliphatic heterocycles. The van der Waals surface area contributed by atoms with Gasteiger partial charge in [0, 0.05) is 19.2 Å². The molecule has 6 nitrogen and oxygen atoms in total. The Balaban J connectivity index is 1.81. The number of amides is 1. The first kappa shape index (κ1) is 18.8. The Morgan fingerprint density at radius 1 is 1.20 bits per heavy atom. The Labute approximate surface area is 147 Å². The van der Waals surface area contributed by atoms with E-state index < -0.39 is 0 Å². The predicted octanol–water partition coefficient (Wildman–Crippen LogP) is 1.95. The van der Waals surface area contributed by atoms with E-state index in [4.69, 9.17) is 0 Å². The molecule has 0 spiro atoms. The molecule has 1 heterocycles. The van der Waals surface area contributed by atoms with Crippen molar-refractivity contribution in [1.82, 2.24) is 20.2 Å². The summed E-state index contributed by atoms with van der Waals surface area (Å²) in [6.45, 7) is 2.08. The molecule has 7 heteroatoms. The van der Waals surface area contributed by atoms with Gasteiger partial charge in [0.1, 0.15) is 23.7 Å². The van der Waals surface area contributed by atoms with Crippen LogP contribution in [0.25, 0.3) is 0 Å². The molecule has 25 heavy (non-hydrogen) atoms. The lowest BCUT2D eigenvalue weighted by Crippen LogP contribution is -2.27. The first-order valence-corrected chi connectivity index (χ1v) is 8.28. The Kier molecular flexibility index (Phi) is 7.28. The number of halogens is 1. The normalized spacial score (nSPS) is 10.7. The van der Waals surface area contributed by atoms with Crippen molar-refractivity contribution < 1.29 is 9.18 Å². The fraction of sp³-hybridized carbons (Fsp3) is 0.389. The molecule has 2 N–H and O–H groups in total. The van der Waals surface area contributed by atoms with Crippen LogP contribution in [0.15, 0.2) is 36.7 Å². The van der Waals surface area contributed by atoms with E-state index in [1.807, 2.05) is 14.1 Å². The van der Waals surface area contributed by atoms with Crippen molar-refractivity contribution in [2.24, 2.45) is 0 Å². The van der Waals surface area contributed by atoms with Gasteiger partial charge in [-0.3, -0.25) is 4.79 Å². The summed E-state index contributed by atoms with van der Waals surface area (Å²) in [6.07, 6.45) is 2.76. The Hall–Kier alpha value is -2.54. The van der Waals surface area contributed by atoms with Crippen molar-refractivity contribution in [3.8, 4) is 0 Å². The summed E-state index contributed by atoms with van der Waals surface area (Å²) in [5, 5.41) is 5.93. The van der Waals surface area contributed by atoms with E-state index in [0.29, 0.717) is 30.0 Å². The molecule has 1 amide bonds. The van der Waals surface area contributed by atoms with E-state index in [2.05, 4.69) is 25.5 Å². The molecule has 0 aliphatic carbocycles. The molecule has 0 fully saturated rings. The number of carbonyl (C=O) groups is 1. The summed E-state index contributed by atoms with van der Waals surface area (Å²) in [6, 6.07) is 8.16. The number of hydrogen-bond acceptors (Lipinski definition) is 5. The molecular weight excluding hydrogens is 321 g/mol. The van der Waals surface area contributed by atoms with E-state index in [9.17, 15) is 9.18 Å². The molecule has 0 atom stereocenters. The summed E-state index contributed by atoms with van der Waals surface area (Å²) in [5.41, 5.74) is 0.868. The molecule has 0 unspecified atom stereocenters. The van der Waals surface area contributed by atoms with Crippen LogP contribution >= 0.6 is 0 Å². The largest absolute Gasteiger partial charge is 0.370 e. The van der Waals surface area contributed by atoms with Crippen LogP contribution in [0.1, 0.15) is 22.5 Å². The van der Waals surface area contributed by atoms with Gasteiger partial charge in [0.05, 0.1) is 0 Å². The summed E-state index contributed by atoms with van der Waals surface area (Å²) in [4.78, 5) is 22.4. The first-order valence-electron chi connectivity index (χ1n) is 8.28. The average Bonchev–Trinajstić information content (AvgIpc) is 2.60. The average molecular weight is 345 g/mol. The van der Waals surface area contributed by atoms with Crippen molar-refractivity contribution in [3.63, 3.8) is 0 Å². The molecule has 0 saturated heterocycles. The van der Waals surface area contributed by atoms with Crippen molar-refractivity contribution in [3.05, 3.63) is 53.7 Å². The van der Waals surface area contributed by atoms with Gasteiger partial charge in [0.25, 0.3) is 5.91 Å². The number of anilines is 1. The van der Waals surface area contributed by atoms with Gasteiger partial charge in [-0.2, -0.15) is 0 Å². The standard InChI is InChI=1S/C18H24FN5O/c1-24(2)11-5-9-20-17-12-16(22-13-23-17)18(25)21-10-8-14-6-3-4-7-15(14)19/h3-4,6-7,12-13H,5,8-11H2,1-2H3,(H,21,25)(H,20,22,23). The van der Waals surface area contributed by atoms with E-state index in [1.165, 1.54) is 12.4 Å². The second-order valence-electron chi connectivity index (χ2n) is 5.97. The van der Waals surface area contributed by atoms with Crippen molar-refractivity contribution in [2.75, 3.05) is 39.0 Å². The van der Waals surface area contributed by atoms with Crippen LogP contribution in [0.2, 0.25) is 0 Å². The molecule has 0 aliphatic rings. The number of benzene rings is 1. The van der Waals surface area contributed by atoms with Gasteiger partial charge in [0.15, 0.2) is 0 Å². The third-order valence-electron chi connectivity index (χ3n) is 3.63. The molecule has 2 aromatic rings. The number of carbonyl (C=O) groups excluding carboxylic acids is 1. The molecule has 1 aromatic heterocycles. The van der Waals surface area contributed by atoms with Crippen LogP contribution in [0.3, 0.4) is 0 Å². The maximum atomic E-state index is 13.5. The predicted molar refractivity (Wildman–Crippen MR) is 96.1 cm³/mol. The SMILES string of the molecule is CN(C)CCCNc1cc(C(=O)NCCc2ccccc2F)ncn1. The van der Waals surface area contributed by atoms with E-state index in [0.717, 1.165) is 19.5 Å². The fourth-order valence-corrected chi connectivity index (χ4v) is 2.29. The third-order valence-corrected chi connectivity index (χ3v) is 3.63. The number of nitrogens with zero attached hydrogens (tertiary/aromatic N) is 3. The number of nitrogens with one attached hydrogen (secondary N) is 2. The lowest BCUT2D eigenvalue weighted by Gasteiger charge is -2.10. The molecule has 0 radical (unpaired) electrons. The summed E-state index contributed by atoms with van der Waals surface area (Å²) in [7, 11) is 4.04. The number of hydrogen-bond donors (Lipinski definition) is 2. The summed E-state index contributed by atoms with van der Waals surface area (Å²) >= 11 is 0. The van der Waals surface area contributed by atoms with Crippen LogP contribution in [-0.4, -0.2) is 54.5 Å².